The quantitative estimate of drug-likeness (QED) is 0.730. The van der Waals surface area contributed by atoms with Crippen LogP contribution in [0, 0.1) is 26.6 Å². The Morgan fingerprint density at radius 1 is 1.04 bits per heavy atom. The Hall–Kier alpha value is -2.53. The molecule has 2 rings (SSSR count). The lowest BCUT2D eigenvalue weighted by Crippen LogP contribution is -2.17. The van der Waals surface area contributed by atoms with E-state index in [9.17, 15) is 19.1 Å². The van der Waals surface area contributed by atoms with E-state index in [1.807, 2.05) is 26.0 Å². The van der Waals surface area contributed by atoms with Crippen molar-refractivity contribution in [1.82, 2.24) is 0 Å². The van der Waals surface area contributed by atoms with Crippen molar-refractivity contribution < 1.29 is 24.2 Å². The molecule has 144 valence electrons. The van der Waals surface area contributed by atoms with E-state index in [1.165, 1.54) is 6.07 Å². The molecule has 0 saturated carbocycles. The first-order valence-corrected chi connectivity index (χ1v) is 8.95. The maximum absolute atomic E-state index is 13.6. The molecule has 0 aliphatic heterocycles. The molecule has 0 amide bonds. The minimum atomic E-state index is -1.16. The number of halogens is 1. The van der Waals surface area contributed by atoms with Crippen molar-refractivity contribution in [3.05, 3.63) is 58.4 Å². The summed E-state index contributed by atoms with van der Waals surface area (Å²) < 4.78 is 13.6. The Morgan fingerprint density at radius 2 is 1.74 bits per heavy atom. The molecule has 0 aliphatic rings. The predicted molar refractivity (Wildman–Crippen MR) is 102 cm³/mol. The highest BCUT2D eigenvalue weighted by Crippen LogP contribution is 2.30. The maximum atomic E-state index is 13.6. The number of carbonyl (C=O) groups excluding carboxylic acids is 1. The van der Waals surface area contributed by atoms with Crippen LogP contribution in [0.1, 0.15) is 41.5 Å². The van der Waals surface area contributed by atoms with Crippen molar-refractivity contribution in [3.63, 3.8) is 0 Å². The van der Waals surface area contributed by atoms with E-state index in [4.69, 9.17) is 5.11 Å². The number of carbonyl (C=O) groups is 2. The van der Waals surface area contributed by atoms with Gasteiger partial charge < -0.3 is 10.2 Å². The highest BCUT2D eigenvalue weighted by atomic mass is 19.1. The van der Waals surface area contributed by atoms with Crippen LogP contribution in [0.3, 0.4) is 0 Å². The van der Waals surface area contributed by atoms with Gasteiger partial charge in [-0.1, -0.05) is 23.8 Å². The average Bonchev–Trinajstić information content (AvgIpc) is 2.55. The molecule has 0 bridgehead atoms. The van der Waals surface area contributed by atoms with Crippen LogP contribution in [0.2, 0.25) is 0 Å². The number of aliphatic carboxylic acids is 1. The van der Waals surface area contributed by atoms with Crippen molar-refractivity contribution in [3.8, 4) is 11.1 Å². The van der Waals surface area contributed by atoms with E-state index in [0.29, 0.717) is 12.0 Å². The monoisotopic (exact) mass is 372 g/mol. The molecule has 1 unspecified atom stereocenters. The Bertz CT molecular complexity index is 858. The summed E-state index contributed by atoms with van der Waals surface area (Å²) in [6.07, 6.45) is -1.06. The number of aryl methyl sites for hydroxylation is 3. The smallest absolute Gasteiger partial charge is 0.305 e. The average molecular weight is 372 g/mol. The number of carboxylic acid groups (broad SMARTS) is 1. The Kier molecular flexibility index (Phi) is 6.86. The van der Waals surface area contributed by atoms with Gasteiger partial charge in [0, 0.05) is 12.8 Å². The van der Waals surface area contributed by atoms with Gasteiger partial charge in [-0.2, -0.15) is 0 Å². The fraction of sp³-hybridized carbons (Fsp3) is 0.364. The number of Topliss-reactive ketones (excluding diaryl/α,β-unsaturated/α-hetero) is 1. The summed E-state index contributed by atoms with van der Waals surface area (Å²) >= 11 is 0. The summed E-state index contributed by atoms with van der Waals surface area (Å²) in [6.45, 7) is 5.69. The number of carboxylic acids is 1. The van der Waals surface area contributed by atoms with E-state index in [0.717, 1.165) is 27.8 Å². The van der Waals surface area contributed by atoms with Crippen molar-refractivity contribution in [1.29, 1.82) is 0 Å². The second-order valence-corrected chi connectivity index (χ2v) is 7.07. The lowest BCUT2D eigenvalue weighted by atomic mass is 9.89. The van der Waals surface area contributed by atoms with Crippen molar-refractivity contribution in [2.45, 2.75) is 52.6 Å². The Labute approximate surface area is 158 Å². The first-order chi connectivity index (χ1) is 12.7. The van der Waals surface area contributed by atoms with Gasteiger partial charge in [0.05, 0.1) is 12.5 Å². The van der Waals surface area contributed by atoms with Gasteiger partial charge in [-0.3, -0.25) is 9.59 Å². The number of benzene rings is 2. The molecule has 0 aliphatic carbocycles. The molecule has 0 aromatic heterocycles. The Morgan fingerprint density at radius 3 is 2.37 bits per heavy atom. The maximum Gasteiger partial charge on any atom is 0.305 e. The van der Waals surface area contributed by atoms with Gasteiger partial charge in [-0.05, 0) is 67.1 Å². The highest BCUT2D eigenvalue weighted by Gasteiger charge is 2.16. The van der Waals surface area contributed by atoms with Gasteiger partial charge in [0.1, 0.15) is 11.6 Å². The van der Waals surface area contributed by atoms with Gasteiger partial charge in [0.15, 0.2) is 0 Å². The lowest BCUT2D eigenvalue weighted by Gasteiger charge is -2.15. The largest absolute Gasteiger partial charge is 0.481 e. The summed E-state index contributed by atoms with van der Waals surface area (Å²) in [5, 5.41) is 18.3. The van der Waals surface area contributed by atoms with Gasteiger partial charge >= 0.3 is 5.97 Å². The van der Waals surface area contributed by atoms with E-state index >= 15 is 0 Å². The minimum Gasteiger partial charge on any atom is -0.481 e. The molecule has 4 nitrogen and oxygen atoms in total. The number of aliphatic hydroxyl groups is 1. The molecule has 5 heteroatoms. The SMILES string of the molecule is Cc1cc(C)c(CCC(=O)CC(O)CC(=O)O)c(-c2ccc(F)c(C)c2)c1. The molecule has 0 fully saturated rings. The van der Waals surface area contributed by atoms with Crippen molar-refractivity contribution >= 4 is 11.8 Å². The first-order valence-electron chi connectivity index (χ1n) is 8.95. The number of hydrogen-bond acceptors (Lipinski definition) is 3. The van der Waals surface area contributed by atoms with Crippen LogP contribution < -0.4 is 0 Å². The van der Waals surface area contributed by atoms with Crippen molar-refractivity contribution in [2.24, 2.45) is 0 Å². The van der Waals surface area contributed by atoms with Gasteiger partial charge in [-0.15, -0.1) is 0 Å². The minimum absolute atomic E-state index is 0.164. The summed E-state index contributed by atoms with van der Waals surface area (Å²) in [7, 11) is 0. The van der Waals surface area contributed by atoms with Crippen LogP contribution >= 0.6 is 0 Å². The van der Waals surface area contributed by atoms with Crippen LogP contribution in [-0.2, 0) is 16.0 Å². The fourth-order valence-electron chi connectivity index (χ4n) is 3.30. The highest BCUT2D eigenvalue weighted by molar-refractivity contribution is 5.80. The third kappa shape index (κ3) is 5.73. The zero-order valence-corrected chi connectivity index (χ0v) is 15.9. The van der Waals surface area contributed by atoms with Gasteiger partial charge in [0.25, 0.3) is 0 Å². The van der Waals surface area contributed by atoms with E-state index in [1.54, 1.807) is 19.1 Å². The molecule has 0 saturated heterocycles. The topological polar surface area (TPSA) is 74.6 Å². The summed E-state index contributed by atoms with van der Waals surface area (Å²) in [4.78, 5) is 22.7. The van der Waals surface area contributed by atoms with E-state index < -0.39 is 18.5 Å². The molecule has 0 heterocycles. The zero-order chi connectivity index (χ0) is 20.1. The molecular formula is C22H25FO4. The first kappa shape index (κ1) is 20.8. The Balaban J connectivity index is 2.22. The van der Waals surface area contributed by atoms with Crippen LogP contribution in [-0.4, -0.2) is 28.1 Å². The summed E-state index contributed by atoms with van der Waals surface area (Å²) in [5.41, 5.74) is 5.56. The summed E-state index contributed by atoms with van der Waals surface area (Å²) in [6, 6.07) is 9.04. The predicted octanol–water partition coefficient (Wildman–Crippen LogP) is 4.15. The molecule has 2 N–H and O–H groups in total. The normalized spacial score (nSPS) is 12.0. The fourth-order valence-corrected chi connectivity index (χ4v) is 3.30. The van der Waals surface area contributed by atoms with Gasteiger partial charge in [-0.25, -0.2) is 4.39 Å². The molecule has 0 spiro atoms. The molecular weight excluding hydrogens is 347 g/mol. The number of ketones is 1. The second-order valence-electron chi connectivity index (χ2n) is 7.07. The molecule has 27 heavy (non-hydrogen) atoms. The zero-order valence-electron chi connectivity index (χ0n) is 15.9. The molecule has 2 aromatic rings. The third-order valence-electron chi connectivity index (χ3n) is 4.61. The number of hydrogen-bond donors (Lipinski definition) is 2. The van der Waals surface area contributed by atoms with E-state index in [2.05, 4.69) is 0 Å². The van der Waals surface area contributed by atoms with Crippen molar-refractivity contribution in [2.75, 3.05) is 0 Å². The van der Waals surface area contributed by atoms with Gasteiger partial charge in [0.2, 0.25) is 0 Å². The molecule has 1 atom stereocenters. The standard InChI is InChI=1S/C22H25FO4/c1-13-8-14(2)19(6-5-17(24)11-18(25)12-22(26)27)20(9-13)16-4-7-21(23)15(3)10-16/h4,7-10,18,25H,5-6,11-12H2,1-3H3,(H,26,27). The lowest BCUT2D eigenvalue weighted by molar-refractivity contribution is -0.139. The summed E-state index contributed by atoms with van der Waals surface area (Å²) in [5.74, 6) is -1.56. The van der Waals surface area contributed by atoms with Crippen LogP contribution in [0.15, 0.2) is 30.3 Å². The van der Waals surface area contributed by atoms with Crippen LogP contribution in [0.25, 0.3) is 11.1 Å². The second kappa shape index (κ2) is 8.91. The van der Waals surface area contributed by atoms with E-state index in [-0.39, 0.29) is 24.4 Å². The molecule has 0 radical (unpaired) electrons. The van der Waals surface area contributed by atoms with Crippen LogP contribution in [0.5, 0.6) is 0 Å². The third-order valence-corrected chi connectivity index (χ3v) is 4.61. The number of aliphatic hydroxyl groups excluding tert-OH is 1. The van der Waals surface area contributed by atoms with Crippen LogP contribution in [0.4, 0.5) is 4.39 Å². The molecule has 2 aromatic carbocycles. The number of rotatable bonds is 8.